The lowest BCUT2D eigenvalue weighted by molar-refractivity contribution is -0.120. The second-order valence-corrected chi connectivity index (χ2v) is 12.5. The van der Waals surface area contributed by atoms with E-state index in [4.69, 9.17) is 19.2 Å². The van der Waals surface area contributed by atoms with Crippen LogP contribution in [0.5, 0.6) is 11.5 Å². The highest BCUT2D eigenvalue weighted by Gasteiger charge is 2.51. The van der Waals surface area contributed by atoms with Crippen molar-refractivity contribution in [2.75, 3.05) is 53.2 Å². The summed E-state index contributed by atoms with van der Waals surface area (Å²) in [5.41, 5.74) is 2.66. The van der Waals surface area contributed by atoms with Crippen molar-refractivity contribution in [3.8, 4) is 22.8 Å². The molecule has 3 heterocycles. The summed E-state index contributed by atoms with van der Waals surface area (Å²) >= 11 is 0. The average Bonchev–Trinajstić information content (AvgIpc) is 3.67. The third-order valence-electron chi connectivity index (χ3n) is 8.09. The van der Waals surface area contributed by atoms with Gasteiger partial charge in [0.1, 0.15) is 5.78 Å². The Kier molecular flexibility index (Phi) is 7.35. The van der Waals surface area contributed by atoms with Crippen LogP contribution < -0.4 is 9.47 Å². The molecule has 1 saturated carbocycles. The van der Waals surface area contributed by atoms with Crippen molar-refractivity contribution in [1.82, 2.24) is 14.2 Å². The van der Waals surface area contributed by atoms with E-state index in [9.17, 15) is 13.2 Å². The minimum atomic E-state index is -3.58. The third-order valence-corrected chi connectivity index (χ3v) is 10.0. The number of benzene rings is 2. The molecule has 0 spiro atoms. The molecule has 3 aromatic rings. The fourth-order valence-electron chi connectivity index (χ4n) is 5.48. The van der Waals surface area contributed by atoms with E-state index in [2.05, 4.69) is 4.90 Å². The van der Waals surface area contributed by atoms with Gasteiger partial charge in [0.05, 0.1) is 22.6 Å². The SMILES string of the molecule is COCCN1CCN(S(=O)(=O)c2ccc(-c3cccc(CC(=O)C4(c5ccc6c(c5)OCO6)CC4)n3)cc2)CC1. The van der Waals surface area contributed by atoms with E-state index in [0.717, 1.165) is 30.5 Å². The van der Waals surface area contributed by atoms with Crippen LogP contribution in [0.2, 0.25) is 0 Å². The molecule has 40 heavy (non-hydrogen) atoms. The summed E-state index contributed by atoms with van der Waals surface area (Å²) in [5, 5.41) is 0. The van der Waals surface area contributed by atoms with Crippen molar-refractivity contribution in [1.29, 1.82) is 0 Å². The number of sulfonamides is 1. The maximum Gasteiger partial charge on any atom is 0.243 e. The first-order valence-electron chi connectivity index (χ1n) is 13.6. The molecule has 0 unspecified atom stereocenters. The molecule has 2 aliphatic heterocycles. The van der Waals surface area contributed by atoms with Crippen molar-refractivity contribution in [2.24, 2.45) is 0 Å². The Hall–Kier alpha value is -3.31. The molecule has 2 fully saturated rings. The Morgan fingerprint density at radius 3 is 2.45 bits per heavy atom. The number of piperazine rings is 1. The Labute approximate surface area is 234 Å². The number of hydrogen-bond donors (Lipinski definition) is 0. The number of ether oxygens (including phenoxy) is 3. The molecule has 1 aliphatic carbocycles. The molecule has 10 heteroatoms. The molecule has 2 aromatic carbocycles. The van der Waals surface area contributed by atoms with Crippen molar-refractivity contribution in [3.63, 3.8) is 0 Å². The van der Waals surface area contributed by atoms with E-state index in [0.29, 0.717) is 55.7 Å². The van der Waals surface area contributed by atoms with Gasteiger partial charge in [-0.15, -0.1) is 0 Å². The van der Waals surface area contributed by atoms with E-state index < -0.39 is 15.4 Å². The largest absolute Gasteiger partial charge is 0.454 e. The van der Waals surface area contributed by atoms with Gasteiger partial charge in [0.25, 0.3) is 0 Å². The highest BCUT2D eigenvalue weighted by atomic mass is 32.2. The molecule has 9 nitrogen and oxygen atoms in total. The van der Waals surface area contributed by atoms with Gasteiger partial charge in [0, 0.05) is 57.5 Å². The normalized spacial score (nSPS) is 18.5. The van der Waals surface area contributed by atoms with E-state index in [1.54, 1.807) is 35.7 Å². The number of fused-ring (bicyclic) bond motifs is 1. The first-order chi connectivity index (χ1) is 19.4. The average molecular weight is 564 g/mol. The number of pyridine rings is 1. The zero-order valence-corrected chi connectivity index (χ0v) is 23.4. The van der Waals surface area contributed by atoms with Crippen LogP contribution in [0, 0.1) is 0 Å². The van der Waals surface area contributed by atoms with Gasteiger partial charge < -0.3 is 14.2 Å². The molecule has 0 amide bonds. The molecule has 6 rings (SSSR count). The first-order valence-corrected chi connectivity index (χ1v) is 15.0. The fraction of sp³-hybridized carbons (Fsp3) is 0.400. The second-order valence-electron chi connectivity index (χ2n) is 10.5. The molecule has 0 bridgehead atoms. The number of ketones is 1. The second kappa shape index (κ2) is 10.9. The predicted octanol–water partition coefficient (Wildman–Crippen LogP) is 3.27. The summed E-state index contributed by atoms with van der Waals surface area (Å²) in [5.74, 6) is 1.53. The number of Topliss-reactive ketones (excluding diaryl/α,β-unsaturated/α-hetero) is 1. The molecular weight excluding hydrogens is 530 g/mol. The quantitative estimate of drug-likeness (QED) is 0.371. The first kappa shape index (κ1) is 26.9. The summed E-state index contributed by atoms with van der Waals surface area (Å²) in [6, 6.07) is 18.2. The number of carbonyl (C=O) groups excluding carboxylic acids is 1. The van der Waals surface area contributed by atoms with Crippen molar-refractivity contribution in [3.05, 3.63) is 71.9 Å². The molecule has 1 saturated heterocycles. The Bertz CT molecular complexity index is 1500. The molecule has 3 aliphatic rings. The van der Waals surface area contributed by atoms with Crippen LogP contribution in [0.25, 0.3) is 11.3 Å². The summed E-state index contributed by atoms with van der Waals surface area (Å²) in [4.78, 5) is 20.7. The van der Waals surface area contributed by atoms with Gasteiger partial charge >= 0.3 is 0 Å². The number of carbonyl (C=O) groups is 1. The van der Waals surface area contributed by atoms with Gasteiger partial charge in [-0.25, -0.2) is 8.42 Å². The van der Waals surface area contributed by atoms with Crippen LogP contribution in [0.3, 0.4) is 0 Å². The van der Waals surface area contributed by atoms with E-state index in [1.165, 1.54) is 0 Å². The monoisotopic (exact) mass is 563 g/mol. The van der Waals surface area contributed by atoms with E-state index >= 15 is 0 Å². The zero-order valence-electron chi connectivity index (χ0n) is 22.5. The molecular formula is C30H33N3O6S. The van der Waals surface area contributed by atoms with Crippen molar-refractivity contribution >= 4 is 15.8 Å². The number of methoxy groups -OCH3 is 1. The van der Waals surface area contributed by atoms with Gasteiger partial charge in [-0.05, 0) is 54.8 Å². The summed E-state index contributed by atoms with van der Waals surface area (Å²) in [6.45, 7) is 3.93. The maximum absolute atomic E-state index is 13.4. The highest BCUT2D eigenvalue weighted by Crippen LogP contribution is 2.51. The minimum absolute atomic E-state index is 0.139. The zero-order chi connectivity index (χ0) is 27.7. The molecule has 0 atom stereocenters. The smallest absolute Gasteiger partial charge is 0.243 e. The van der Waals surface area contributed by atoms with Gasteiger partial charge in [-0.2, -0.15) is 4.31 Å². The lowest BCUT2D eigenvalue weighted by atomic mass is 9.88. The number of nitrogens with zero attached hydrogens (tertiary/aromatic N) is 3. The number of rotatable bonds is 10. The highest BCUT2D eigenvalue weighted by molar-refractivity contribution is 7.89. The standard InChI is InChI=1S/C30H33N3O6S/c1-37-18-17-32-13-15-33(16-14-32)40(35,36)25-8-5-22(6-9-25)26-4-2-3-24(31-26)20-29(34)30(11-12-30)23-7-10-27-28(19-23)39-21-38-27/h2-10,19H,11-18,20-21H2,1H3. The Morgan fingerprint density at radius 2 is 1.73 bits per heavy atom. The van der Waals surface area contributed by atoms with Gasteiger partial charge in [-0.3, -0.25) is 14.7 Å². The molecule has 0 N–H and O–H groups in total. The van der Waals surface area contributed by atoms with E-state index in [-0.39, 0.29) is 23.9 Å². The summed E-state index contributed by atoms with van der Waals surface area (Å²) in [6.07, 6.45) is 1.84. The van der Waals surface area contributed by atoms with Crippen molar-refractivity contribution < 1.29 is 27.4 Å². The lowest BCUT2D eigenvalue weighted by Crippen LogP contribution is -2.49. The van der Waals surface area contributed by atoms with Crippen LogP contribution in [0.15, 0.2) is 65.6 Å². The number of hydrogen-bond acceptors (Lipinski definition) is 8. The topological polar surface area (TPSA) is 98.3 Å². The Balaban J connectivity index is 1.13. The number of aromatic nitrogens is 1. The van der Waals surface area contributed by atoms with Gasteiger partial charge in [0.2, 0.25) is 16.8 Å². The summed E-state index contributed by atoms with van der Waals surface area (Å²) in [7, 11) is -1.91. The van der Waals surface area contributed by atoms with Crippen LogP contribution in [0.1, 0.15) is 24.1 Å². The minimum Gasteiger partial charge on any atom is -0.454 e. The third kappa shape index (κ3) is 5.24. The lowest BCUT2D eigenvalue weighted by Gasteiger charge is -2.33. The van der Waals surface area contributed by atoms with Gasteiger partial charge in [0.15, 0.2) is 11.5 Å². The van der Waals surface area contributed by atoms with Crippen LogP contribution in [0.4, 0.5) is 0 Å². The predicted molar refractivity (Wildman–Crippen MR) is 149 cm³/mol. The van der Waals surface area contributed by atoms with E-state index in [1.807, 2.05) is 36.4 Å². The molecule has 1 aromatic heterocycles. The van der Waals surface area contributed by atoms with Gasteiger partial charge in [-0.1, -0.05) is 24.3 Å². The van der Waals surface area contributed by atoms with Crippen LogP contribution >= 0.6 is 0 Å². The fourth-order valence-corrected chi connectivity index (χ4v) is 6.90. The maximum atomic E-state index is 13.4. The Morgan fingerprint density at radius 1 is 0.975 bits per heavy atom. The summed E-state index contributed by atoms with van der Waals surface area (Å²) < 4.78 is 44.0. The van der Waals surface area contributed by atoms with Crippen LogP contribution in [-0.4, -0.2) is 81.6 Å². The molecule has 0 radical (unpaired) electrons. The molecule has 210 valence electrons. The van der Waals surface area contributed by atoms with Crippen LogP contribution in [-0.2, 0) is 31.4 Å². The van der Waals surface area contributed by atoms with Crippen molar-refractivity contribution in [2.45, 2.75) is 29.6 Å².